The standard InChI is InChI=1S/C4H14NO10P3/c6-4-2-1-3-5-16(7,8)14-18(12,13)15-17(9,10)11/h6H,1-4H2,(H,12,13)(H2,5,7,8)(H2,9,10,11). The fourth-order valence-corrected chi connectivity index (χ4v) is 4.03. The first-order chi connectivity index (χ1) is 7.97. The second kappa shape index (κ2) is 7.23. The van der Waals surface area contributed by atoms with Gasteiger partial charge in [0.1, 0.15) is 0 Å². The van der Waals surface area contributed by atoms with Gasteiger partial charge in [0.05, 0.1) is 0 Å². The van der Waals surface area contributed by atoms with Gasteiger partial charge in [-0.15, -0.1) is 0 Å². The van der Waals surface area contributed by atoms with Crippen LogP contribution in [-0.4, -0.2) is 37.8 Å². The lowest BCUT2D eigenvalue weighted by atomic mass is 10.3. The second-order valence-corrected chi connectivity index (χ2v) is 7.56. The quantitative estimate of drug-likeness (QED) is 0.240. The Labute approximate surface area is 102 Å². The van der Waals surface area contributed by atoms with E-state index < -0.39 is 23.4 Å². The predicted octanol–water partition coefficient (Wildman–Crippen LogP) is -0.325. The molecule has 0 aliphatic carbocycles. The van der Waals surface area contributed by atoms with E-state index in [-0.39, 0.29) is 19.6 Å². The maximum Gasteiger partial charge on any atom is 0.489 e. The molecule has 0 aromatic carbocycles. The van der Waals surface area contributed by atoms with Gasteiger partial charge in [0.2, 0.25) is 0 Å². The molecular weight excluding hydrogens is 315 g/mol. The van der Waals surface area contributed by atoms with E-state index in [1.807, 2.05) is 5.09 Å². The lowest BCUT2D eigenvalue weighted by Crippen LogP contribution is -2.13. The van der Waals surface area contributed by atoms with Gasteiger partial charge in [-0.2, -0.15) is 8.62 Å². The summed E-state index contributed by atoms with van der Waals surface area (Å²) in [6, 6.07) is 0. The summed E-state index contributed by atoms with van der Waals surface area (Å²) in [4.78, 5) is 34.3. The van der Waals surface area contributed by atoms with E-state index in [4.69, 9.17) is 24.7 Å². The molecule has 0 saturated heterocycles. The zero-order valence-electron chi connectivity index (χ0n) is 8.95. The van der Waals surface area contributed by atoms with Crippen molar-refractivity contribution in [2.75, 3.05) is 13.2 Å². The van der Waals surface area contributed by atoms with Gasteiger partial charge < -0.3 is 24.7 Å². The SMILES string of the molecule is O=P(O)(O)OP(=O)(O)OP(=O)(O)NCCCCO. The van der Waals surface area contributed by atoms with E-state index in [0.29, 0.717) is 6.42 Å². The molecule has 2 atom stereocenters. The Morgan fingerprint density at radius 3 is 1.94 bits per heavy atom. The van der Waals surface area contributed by atoms with Crippen molar-refractivity contribution in [2.24, 2.45) is 0 Å². The van der Waals surface area contributed by atoms with Crippen LogP contribution >= 0.6 is 23.4 Å². The topological polar surface area (TPSA) is 183 Å². The number of nitrogens with one attached hydrogen (secondary N) is 1. The van der Waals surface area contributed by atoms with Gasteiger partial charge in [-0.1, -0.05) is 0 Å². The van der Waals surface area contributed by atoms with Crippen molar-refractivity contribution in [3.8, 4) is 0 Å². The number of hydrogen-bond acceptors (Lipinski definition) is 6. The van der Waals surface area contributed by atoms with Gasteiger partial charge in [0.15, 0.2) is 0 Å². The maximum atomic E-state index is 11.2. The van der Waals surface area contributed by atoms with Crippen LogP contribution in [0.4, 0.5) is 0 Å². The van der Waals surface area contributed by atoms with E-state index in [2.05, 4.69) is 8.62 Å². The number of aliphatic hydroxyl groups is 1. The molecule has 6 N–H and O–H groups in total. The molecule has 0 aliphatic heterocycles. The summed E-state index contributed by atoms with van der Waals surface area (Å²) in [5, 5.41) is 10.3. The van der Waals surface area contributed by atoms with Gasteiger partial charge >= 0.3 is 23.4 Å². The first-order valence-corrected chi connectivity index (χ1v) is 9.07. The largest absolute Gasteiger partial charge is 0.489 e. The zero-order chi connectivity index (χ0) is 14.4. The van der Waals surface area contributed by atoms with Crippen LogP contribution in [0.25, 0.3) is 0 Å². The lowest BCUT2D eigenvalue weighted by molar-refractivity contribution is 0.220. The van der Waals surface area contributed by atoms with Gasteiger partial charge in [-0.3, -0.25) is 0 Å². The summed E-state index contributed by atoms with van der Waals surface area (Å²) >= 11 is 0. The van der Waals surface area contributed by atoms with Crippen LogP contribution in [0.3, 0.4) is 0 Å². The van der Waals surface area contributed by atoms with Crippen LogP contribution < -0.4 is 5.09 Å². The van der Waals surface area contributed by atoms with E-state index in [0.717, 1.165) is 0 Å². The third kappa shape index (κ3) is 10.3. The fourth-order valence-electron chi connectivity index (χ4n) is 0.775. The third-order valence-electron chi connectivity index (χ3n) is 1.32. The van der Waals surface area contributed by atoms with Gasteiger partial charge in [0.25, 0.3) is 0 Å². The van der Waals surface area contributed by atoms with Crippen molar-refractivity contribution in [1.29, 1.82) is 0 Å². The average Bonchev–Trinajstić information content (AvgIpc) is 2.06. The number of aliphatic hydroxyl groups excluding tert-OH is 1. The molecule has 2 unspecified atom stereocenters. The summed E-state index contributed by atoms with van der Waals surface area (Å²) in [6.07, 6.45) is 0.599. The van der Waals surface area contributed by atoms with Crippen molar-refractivity contribution in [3.05, 3.63) is 0 Å². The minimum absolute atomic E-state index is 0.121. The highest BCUT2D eigenvalue weighted by Gasteiger charge is 2.39. The monoisotopic (exact) mass is 329 g/mol. The molecule has 0 spiro atoms. The number of rotatable bonds is 9. The molecule has 0 aromatic rings. The predicted molar refractivity (Wildman–Crippen MR) is 58.2 cm³/mol. The van der Waals surface area contributed by atoms with Gasteiger partial charge in [0, 0.05) is 13.2 Å². The molecule has 18 heavy (non-hydrogen) atoms. The van der Waals surface area contributed by atoms with Crippen molar-refractivity contribution in [3.63, 3.8) is 0 Å². The molecule has 110 valence electrons. The van der Waals surface area contributed by atoms with E-state index in [1.54, 1.807) is 0 Å². The van der Waals surface area contributed by atoms with Gasteiger partial charge in [-0.25, -0.2) is 18.8 Å². The highest BCUT2D eigenvalue weighted by atomic mass is 31.3. The Hall–Kier alpha value is 0.370. The Bertz CT molecular complexity index is 391. The average molecular weight is 329 g/mol. The Balaban J connectivity index is 4.34. The fraction of sp³-hybridized carbons (Fsp3) is 1.00. The second-order valence-electron chi connectivity index (χ2n) is 2.98. The van der Waals surface area contributed by atoms with Crippen LogP contribution in [-0.2, 0) is 22.3 Å². The molecule has 0 rings (SSSR count). The summed E-state index contributed by atoms with van der Waals surface area (Å²) in [6.45, 7) is -0.262. The molecular formula is C4H14NO10P3. The van der Waals surface area contributed by atoms with Gasteiger partial charge in [-0.05, 0) is 12.8 Å². The summed E-state index contributed by atoms with van der Waals surface area (Å²) in [7, 11) is -15.5. The molecule has 0 aliphatic rings. The highest BCUT2D eigenvalue weighted by molar-refractivity contribution is 7.67. The summed E-state index contributed by atoms with van der Waals surface area (Å²) < 4.78 is 39.4. The molecule has 14 heteroatoms. The molecule has 0 radical (unpaired) electrons. The number of unbranched alkanes of at least 4 members (excludes halogenated alkanes) is 1. The highest BCUT2D eigenvalue weighted by Crippen LogP contribution is 2.64. The van der Waals surface area contributed by atoms with Crippen molar-refractivity contribution in [1.82, 2.24) is 5.09 Å². The summed E-state index contributed by atoms with van der Waals surface area (Å²) in [5.74, 6) is 0. The van der Waals surface area contributed by atoms with Crippen LogP contribution in [0.5, 0.6) is 0 Å². The Morgan fingerprint density at radius 2 is 1.50 bits per heavy atom. The van der Waals surface area contributed by atoms with Crippen molar-refractivity contribution >= 4 is 23.4 Å². The van der Waals surface area contributed by atoms with E-state index in [9.17, 15) is 13.7 Å². The smallest absolute Gasteiger partial charge is 0.396 e. The lowest BCUT2D eigenvalue weighted by Gasteiger charge is -2.16. The zero-order valence-corrected chi connectivity index (χ0v) is 11.6. The molecule has 0 bridgehead atoms. The first kappa shape index (κ1) is 18.4. The van der Waals surface area contributed by atoms with E-state index in [1.165, 1.54) is 0 Å². The van der Waals surface area contributed by atoms with Crippen LogP contribution in [0.15, 0.2) is 0 Å². The van der Waals surface area contributed by atoms with Crippen LogP contribution in [0, 0.1) is 0 Å². The Kier molecular flexibility index (Phi) is 7.38. The number of hydrogen-bond donors (Lipinski definition) is 6. The molecule has 0 fully saturated rings. The minimum atomic E-state index is -5.38. The van der Waals surface area contributed by atoms with E-state index >= 15 is 0 Å². The molecule has 0 heterocycles. The minimum Gasteiger partial charge on any atom is -0.396 e. The molecule has 11 nitrogen and oxygen atoms in total. The molecule has 0 amide bonds. The summed E-state index contributed by atoms with van der Waals surface area (Å²) in [5.41, 5.74) is 0. The van der Waals surface area contributed by atoms with Crippen molar-refractivity contribution in [2.45, 2.75) is 12.8 Å². The van der Waals surface area contributed by atoms with Crippen LogP contribution in [0.2, 0.25) is 0 Å². The maximum absolute atomic E-state index is 11.2. The third-order valence-corrected chi connectivity index (χ3v) is 5.33. The molecule has 0 saturated carbocycles. The number of phosphoric acid groups is 2. The Morgan fingerprint density at radius 1 is 0.944 bits per heavy atom. The first-order valence-electron chi connectivity index (χ1n) is 4.47. The normalized spacial score (nSPS) is 19.2. The molecule has 0 aromatic heterocycles. The van der Waals surface area contributed by atoms with Crippen molar-refractivity contribution < 1.29 is 47.0 Å². The van der Waals surface area contributed by atoms with Crippen LogP contribution in [0.1, 0.15) is 12.8 Å².